The van der Waals surface area contributed by atoms with Crippen LogP contribution in [0.15, 0.2) is 24.3 Å². The second-order valence-electron chi connectivity index (χ2n) is 27.6. The number of aliphatic hydroxyl groups is 4. The Kier molecular flexibility index (Phi) is 14.7. The molecule has 80 heavy (non-hydrogen) atoms. The third kappa shape index (κ3) is 10.1. The van der Waals surface area contributed by atoms with E-state index in [-0.39, 0.29) is 129 Å². The molecule has 0 amide bonds. The molecule has 20 nitrogen and oxygen atoms in total. The summed E-state index contributed by atoms with van der Waals surface area (Å²) in [6.45, 7) is 17.8. The van der Waals surface area contributed by atoms with E-state index in [1.54, 1.807) is 0 Å². The molecule has 14 aliphatic rings. The fraction of sp³-hybridized carbons (Fsp3) is 0.917. The standard InChI is InChI=1S/C60H89NO19/c1-27-13-34-7-9-38-28(2)14-36(67-38)11-12-57-26-60(65,66)56(80-57)47-20-46(76-57)55-39(70-47)10-8-35(69-55)16-50(64)74-54-32(6)53-44(71-43(54)17-40(68-34)31(27)5)19-42-48(73-53)23-59(75-42)24-49-52(79-59)30(4)22-58(78-49)21-29(3)51-45(77-58)18-41(72-51)37(63)15-33(62)25-61/h27,29-30,32-49,51-56,62-63,65-66H,2,5,7-26,61H2,1,3-4,6H3/t27-,29+,30+,32+,33-,34+,35-,36+,37+,38+,39+,40-,41+,42-,43+,44+,45+,46-,47-,48-,49+,51+,52+,53+,54-,55+,56-,57-,58-,59+/m1/s1. The van der Waals surface area contributed by atoms with E-state index in [1.165, 1.54) is 0 Å². The lowest BCUT2D eigenvalue weighted by Crippen LogP contribution is -2.61. The topological polar surface area (TPSA) is 253 Å². The van der Waals surface area contributed by atoms with Crippen molar-refractivity contribution in [3.05, 3.63) is 24.3 Å². The van der Waals surface area contributed by atoms with Gasteiger partial charge in [0.1, 0.15) is 18.3 Å². The fourth-order valence-electron chi connectivity index (χ4n) is 17.8. The van der Waals surface area contributed by atoms with Crippen LogP contribution in [-0.2, 0) is 71.1 Å². The molecule has 14 saturated heterocycles. The number of nitrogens with two attached hydrogens (primary N) is 1. The third-order valence-electron chi connectivity index (χ3n) is 21.7. The van der Waals surface area contributed by atoms with Crippen molar-refractivity contribution < 1.29 is 91.5 Å². The number of hydrogen-bond acceptors (Lipinski definition) is 20. The van der Waals surface area contributed by atoms with Crippen LogP contribution in [0, 0.1) is 23.7 Å². The molecular formula is C60H89NO19. The fourth-order valence-corrected chi connectivity index (χ4v) is 17.8. The van der Waals surface area contributed by atoms with Gasteiger partial charge in [-0.25, -0.2) is 0 Å². The summed E-state index contributed by atoms with van der Waals surface area (Å²) in [5.74, 6) is -5.44. The molecule has 30 atom stereocenters. The summed E-state index contributed by atoms with van der Waals surface area (Å²) < 4.78 is 95.9. The lowest BCUT2D eigenvalue weighted by Gasteiger charge is -2.50. The van der Waals surface area contributed by atoms with Gasteiger partial charge in [-0.3, -0.25) is 4.79 Å². The summed E-state index contributed by atoms with van der Waals surface area (Å²) in [5, 5.41) is 43.8. The predicted octanol–water partition coefficient (Wildman–Crippen LogP) is 4.20. The molecule has 0 saturated carbocycles. The van der Waals surface area contributed by atoms with Gasteiger partial charge in [0, 0.05) is 76.7 Å². The molecule has 0 aromatic carbocycles. The normalized spacial score (nSPS) is 55.1. The van der Waals surface area contributed by atoms with Gasteiger partial charge in [-0.2, -0.15) is 0 Å². The maximum absolute atomic E-state index is 14.5. The first-order valence-electron chi connectivity index (χ1n) is 30.9. The SMILES string of the molecule is C=C1C[C@@H]2CC[C@]34CC(O)(O)[C@H](O3)[C@H]3C[C@@H](O4)[C@H]4O[C@H](CC[C@@H]4O3)CC(=O)O[C@@H]3[C@@H](C)[C@@H]4O[C@@H]5C[C@]6(C[C@@H]7O[C@]8(C[C@H](C)[C@@H]9O[C@H]([C@@H](O)C[C@@H](O)CN)C[C@@H]9O8)C[C@H](C)[C@@H]7O6)O[C@@H]5C[C@@H]4O[C@H]3C[C@H]3O[C@@H](CC[C@@H]1O2)C[C@@H](C)C3=C. The van der Waals surface area contributed by atoms with Gasteiger partial charge in [0.2, 0.25) is 0 Å². The summed E-state index contributed by atoms with van der Waals surface area (Å²) >= 11 is 0. The van der Waals surface area contributed by atoms with Crippen LogP contribution in [0.1, 0.15) is 150 Å². The Balaban J connectivity index is 0.683. The van der Waals surface area contributed by atoms with Gasteiger partial charge >= 0.3 is 5.97 Å². The van der Waals surface area contributed by atoms with E-state index in [1.807, 2.05) is 0 Å². The predicted molar refractivity (Wildman–Crippen MR) is 279 cm³/mol. The van der Waals surface area contributed by atoms with Crippen molar-refractivity contribution in [3.8, 4) is 0 Å². The highest BCUT2D eigenvalue weighted by Crippen LogP contribution is 2.57. The van der Waals surface area contributed by atoms with Crippen molar-refractivity contribution in [2.45, 2.75) is 313 Å². The molecule has 14 rings (SSSR count). The number of fused-ring (bicyclic) bond motifs is 13. The van der Waals surface area contributed by atoms with Gasteiger partial charge in [-0.1, -0.05) is 40.9 Å². The molecule has 14 fully saturated rings. The summed E-state index contributed by atoms with van der Waals surface area (Å²) in [6, 6.07) is 0. The first kappa shape index (κ1) is 56.1. The van der Waals surface area contributed by atoms with Crippen LogP contribution in [0.3, 0.4) is 0 Å². The second-order valence-corrected chi connectivity index (χ2v) is 27.6. The molecule has 14 aliphatic heterocycles. The molecule has 0 aromatic heterocycles. The van der Waals surface area contributed by atoms with Crippen molar-refractivity contribution in [3.63, 3.8) is 0 Å². The zero-order valence-electron chi connectivity index (χ0n) is 47.1. The first-order chi connectivity index (χ1) is 38.2. The lowest BCUT2D eigenvalue weighted by molar-refractivity contribution is -0.347. The molecule has 0 aromatic rings. The maximum Gasteiger partial charge on any atom is 0.308 e. The molecule has 3 spiro atoms. The maximum atomic E-state index is 14.5. The van der Waals surface area contributed by atoms with Crippen molar-refractivity contribution in [2.75, 3.05) is 6.54 Å². The molecule has 0 aliphatic carbocycles. The molecule has 10 bridgehead atoms. The molecule has 20 heteroatoms. The van der Waals surface area contributed by atoms with Crippen LogP contribution < -0.4 is 5.73 Å². The minimum Gasteiger partial charge on any atom is -0.459 e. The number of carbonyl (C=O) groups excluding carboxylic acids is 1. The minimum absolute atomic E-state index is 0.0199. The smallest absolute Gasteiger partial charge is 0.308 e. The summed E-state index contributed by atoms with van der Waals surface area (Å²) in [5.41, 5.74) is 7.69. The van der Waals surface area contributed by atoms with Gasteiger partial charge < -0.3 is 92.5 Å². The van der Waals surface area contributed by atoms with E-state index in [9.17, 15) is 25.2 Å². The Hall–Kier alpha value is -1.77. The van der Waals surface area contributed by atoms with Gasteiger partial charge in [0.05, 0.1) is 135 Å². The average molecular weight is 1130 g/mol. The highest BCUT2D eigenvalue weighted by Gasteiger charge is 2.67. The third-order valence-corrected chi connectivity index (χ3v) is 21.7. The number of rotatable bonds is 4. The Bertz CT molecular complexity index is 2350. The van der Waals surface area contributed by atoms with E-state index in [4.69, 9.17) is 72.0 Å². The van der Waals surface area contributed by atoms with Gasteiger partial charge in [-0.15, -0.1) is 0 Å². The van der Waals surface area contributed by atoms with Crippen molar-refractivity contribution in [1.82, 2.24) is 0 Å². The number of ether oxygens (including phenoxy) is 14. The Labute approximate surface area is 469 Å². The Morgan fingerprint density at radius 1 is 0.562 bits per heavy atom. The minimum atomic E-state index is -2.13. The monoisotopic (exact) mass is 1130 g/mol. The van der Waals surface area contributed by atoms with Crippen LogP contribution in [-0.4, -0.2) is 196 Å². The van der Waals surface area contributed by atoms with Crippen molar-refractivity contribution in [2.24, 2.45) is 29.4 Å². The summed E-state index contributed by atoms with van der Waals surface area (Å²) in [4.78, 5) is 14.5. The van der Waals surface area contributed by atoms with Crippen molar-refractivity contribution >= 4 is 5.97 Å². The Morgan fingerprint density at radius 2 is 1.24 bits per heavy atom. The highest BCUT2D eigenvalue weighted by molar-refractivity contribution is 5.70. The van der Waals surface area contributed by atoms with Gasteiger partial charge in [-0.05, 0) is 73.8 Å². The number of esters is 1. The van der Waals surface area contributed by atoms with E-state index in [0.29, 0.717) is 83.5 Å². The van der Waals surface area contributed by atoms with Crippen LogP contribution in [0.4, 0.5) is 0 Å². The summed E-state index contributed by atoms with van der Waals surface area (Å²) in [7, 11) is 0. The Morgan fingerprint density at radius 3 is 2.06 bits per heavy atom. The van der Waals surface area contributed by atoms with Gasteiger partial charge in [0.15, 0.2) is 23.1 Å². The number of carbonyl (C=O) groups is 1. The van der Waals surface area contributed by atoms with Gasteiger partial charge in [0.25, 0.3) is 0 Å². The number of aliphatic hydroxyl groups excluding tert-OH is 2. The second kappa shape index (κ2) is 21.0. The summed E-state index contributed by atoms with van der Waals surface area (Å²) in [6.07, 6.45) is -0.307. The average Bonchev–Trinajstić information content (AvgIpc) is 4.32. The number of hydrogen-bond donors (Lipinski definition) is 5. The first-order valence-corrected chi connectivity index (χ1v) is 30.9. The van der Waals surface area contributed by atoms with Crippen LogP contribution in [0.25, 0.3) is 0 Å². The molecule has 14 heterocycles. The quantitative estimate of drug-likeness (QED) is 0.150. The van der Waals surface area contributed by atoms with Crippen LogP contribution >= 0.6 is 0 Å². The molecule has 0 radical (unpaired) electrons. The van der Waals surface area contributed by atoms with Crippen LogP contribution in [0.2, 0.25) is 0 Å². The zero-order valence-corrected chi connectivity index (χ0v) is 47.1. The molecule has 0 unspecified atom stereocenters. The van der Waals surface area contributed by atoms with Crippen LogP contribution in [0.5, 0.6) is 0 Å². The van der Waals surface area contributed by atoms with E-state index < -0.39 is 90.3 Å². The van der Waals surface area contributed by atoms with E-state index >= 15 is 0 Å². The van der Waals surface area contributed by atoms with E-state index in [0.717, 1.165) is 30.4 Å². The van der Waals surface area contributed by atoms with Crippen molar-refractivity contribution in [1.29, 1.82) is 0 Å². The molecular weight excluding hydrogens is 1040 g/mol. The lowest BCUT2D eigenvalue weighted by atomic mass is 9.79. The van der Waals surface area contributed by atoms with E-state index in [2.05, 4.69) is 40.9 Å². The largest absolute Gasteiger partial charge is 0.459 e. The molecule has 448 valence electrons. The highest BCUT2D eigenvalue weighted by atomic mass is 16.8. The zero-order chi connectivity index (χ0) is 55.4. The molecule has 6 N–H and O–H groups in total.